The van der Waals surface area contributed by atoms with Crippen molar-refractivity contribution in [3.8, 4) is 0 Å². The summed E-state index contributed by atoms with van der Waals surface area (Å²) in [4.78, 5) is 29.8. The van der Waals surface area contributed by atoms with Gasteiger partial charge in [0.05, 0.1) is 4.87 Å². The minimum Gasteiger partial charge on any atom is -0.342 e. The van der Waals surface area contributed by atoms with E-state index in [1.54, 1.807) is 0 Å². The summed E-state index contributed by atoms with van der Waals surface area (Å²) in [6.07, 6.45) is 7.78. The van der Waals surface area contributed by atoms with Crippen molar-refractivity contribution >= 4 is 23.6 Å². The number of hydrogen-bond acceptors (Lipinski definition) is 3. The minimum atomic E-state index is -0.0458. The van der Waals surface area contributed by atoms with E-state index >= 15 is 0 Å². The predicted octanol–water partition coefficient (Wildman–Crippen LogP) is 3.70. The zero-order chi connectivity index (χ0) is 18.7. The zero-order valence-corrected chi connectivity index (χ0v) is 16.9. The van der Waals surface area contributed by atoms with Gasteiger partial charge in [-0.25, -0.2) is 0 Å². The first-order chi connectivity index (χ1) is 13.2. The molecule has 1 aromatic rings. The van der Waals surface area contributed by atoms with Crippen molar-refractivity contribution in [2.24, 2.45) is 5.92 Å². The highest BCUT2D eigenvalue weighted by Crippen LogP contribution is 2.45. The molecule has 0 aromatic heterocycles. The Morgan fingerprint density at radius 2 is 1.74 bits per heavy atom. The molecule has 0 radical (unpaired) electrons. The fraction of sp³-hybridized carbons (Fsp3) is 0.636. The Labute approximate surface area is 166 Å². The first-order valence-electron chi connectivity index (χ1n) is 10.5. The van der Waals surface area contributed by atoms with Crippen molar-refractivity contribution in [2.45, 2.75) is 56.2 Å². The molecular weight excluding hydrogens is 356 g/mol. The molecule has 0 N–H and O–H groups in total. The number of piperidine rings is 1. The van der Waals surface area contributed by atoms with Crippen molar-refractivity contribution in [2.75, 3.05) is 25.4 Å². The largest absolute Gasteiger partial charge is 0.342 e. The Morgan fingerprint density at radius 3 is 2.44 bits per heavy atom. The highest BCUT2D eigenvalue weighted by molar-refractivity contribution is 8.00. The number of benzene rings is 1. The second kappa shape index (κ2) is 8.26. The number of thioether (sulfide) groups is 1. The van der Waals surface area contributed by atoms with Crippen LogP contribution in [0, 0.1) is 5.92 Å². The molecule has 1 spiro atoms. The van der Waals surface area contributed by atoms with Crippen LogP contribution in [0.3, 0.4) is 0 Å². The zero-order valence-electron chi connectivity index (χ0n) is 16.1. The molecule has 5 heteroatoms. The Bertz CT molecular complexity index is 664. The van der Waals surface area contributed by atoms with Crippen LogP contribution in [0.5, 0.6) is 0 Å². The highest BCUT2D eigenvalue weighted by atomic mass is 32.2. The number of likely N-dealkylation sites (tertiary alicyclic amines) is 1. The van der Waals surface area contributed by atoms with Crippen molar-refractivity contribution in [1.29, 1.82) is 0 Å². The van der Waals surface area contributed by atoms with E-state index in [0.29, 0.717) is 12.3 Å². The summed E-state index contributed by atoms with van der Waals surface area (Å²) in [6.45, 7) is 2.46. The van der Waals surface area contributed by atoms with Gasteiger partial charge in [0.2, 0.25) is 11.8 Å². The van der Waals surface area contributed by atoms with Crippen LogP contribution in [0.2, 0.25) is 0 Å². The number of hydrogen-bond donors (Lipinski definition) is 0. The molecule has 2 heterocycles. The van der Waals surface area contributed by atoms with Gasteiger partial charge >= 0.3 is 0 Å². The molecule has 1 saturated carbocycles. The fourth-order valence-electron chi connectivity index (χ4n) is 4.89. The normalized spacial score (nSPS) is 22.5. The number of nitrogens with zero attached hydrogens (tertiary/aromatic N) is 2. The molecule has 4 nitrogen and oxygen atoms in total. The van der Waals surface area contributed by atoms with Crippen LogP contribution < -0.4 is 0 Å². The van der Waals surface area contributed by atoms with Crippen LogP contribution in [0.4, 0.5) is 0 Å². The van der Waals surface area contributed by atoms with E-state index in [0.717, 1.165) is 57.5 Å². The maximum Gasteiger partial charge on any atom is 0.226 e. The van der Waals surface area contributed by atoms with Crippen LogP contribution in [0.25, 0.3) is 0 Å². The SMILES string of the molecule is O=C(CCc1ccccc1)N1CCC2(CC1)SCCN2C(=O)C1CCCC1. The molecule has 1 aliphatic carbocycles. The first kappa shape index (κ1) is 18.9. The average Bonchev–Trinajstić information content (AvgIpc) is 3.38. The third-order valence-corrected chi connectivity index (χ3v) is 8.07. The van der Waals surface area contributed by atoms with Gasteiger partial charge in [0.15, 0.2) is 0 Å². The lowest BCUT2D eigenvalue weighted by Gasteiger charge is -2.44. The van der Waals surface area contributed by atoms with E-state index in [2.05, 4.69) is 17.0 Å². The van der Waals surface area contributed by atoms with Crippen LogP contribution >= 0.6 is 11.8 Å². The highest BCUT2D eigenvalue weighted by Gasteiger charge is 2.48. The van der Waals surface area contributed by atoms with Crippen molar-refractivity contribution < 1.29 is 9.59 Å². The quantitative estimate of drug-likeness (QED) is 0.792. The smallest absolute Gasteiger partial charge is 0.226 e. The molecule has 2 amide bonds. The van der Waals surface area contributed by atoms with Gasteiger partial charge in [0, 0.05) is 37.7 Å². The van der Waals surface area contributed by atoms with E-state index in [1.165, 1.54) is 18.4 Å². The average molecular weight is 387 g/mol. The molecule has 0 unspecified atom stereocenters. The molecule has 146 valence electrons. The monoisotopic (exact) mass is 386 g/mol. The lowest BCUT2D eigenvalue weighted by atomic mass is 9.98. The van der Waals surface area contributed by atoms with Crippen molar-refractivity contribution in [3.63, 3.8) is 0 Å². The van der Waals surface area contributed by atoms with E-state index in [-0.39, 0.29) is 16.7 Å². The lowest BCUT2D eigenvalue weighted by Crippen LogP contribution is -2.54. The van der Waals surface area contributed by atoms with E-state index in [4.69, 9.17) is 0 Å². The molecule has 2 aliphatic heterocycles. The summed E-state index contributed by atoms with van der Waals surface area (Å²) < 4.78 is 0. The van der Waals surface area contributed by atoms with Gasteiger partial charge in [-0.05, 0) is 37.7 Å². The van der Waals surface area contributed by atoms with Gasteiger partial charge in [-0.3, -0.25) is 9.59 Å². The number of carbonyl (C=O) groups is 2. The van der Waals surface area contributed by atoms with Crippen LogP contribution in [0.1, 0.15) is 50.5 Å². The fourth-order valence-corrected chi connectivity index (χ4v) is 6.35. The minimum absolute atomic E-state index is 0.0458. The van der Waals surface area contributed by atoms with Gasteiger partial charge in [-0.2, -0.15) is 0 Å². The van der Waals surface area contributed by atoms with E-state index < -0.39 is 0 Å². The summed E-state index contributed by atoms with van der Waals surface area (Å²) in [6, 6.07) is 10.2. The molecule has 3 aliphatic rings. The number of rotatable bonds is 4. The summed E-state index contributed by atoms with van der Waals surface area (Å²) in [5.41, 5.74) is 1.22. The summed E-state index contributed by atoms with van der Waals surface area (Å²) in [7, 11) is 0. The molecule has 0 atom stereocenters. The number of amides is 2. The number of carbonyl (C=O) groups excluding carboxylic acids is 2. The van der Waals surface area contributed by atoms with Gasteiger partial charge < -0.3 is 9.80 Å². The topological polar surface area (TPSA) is 40.6 Å². The maximum atomic E-state index is 13.0. The molecule has 1 aromatic carbocycles. The van der Waals surface area contributed by atoms with Crippen LogP contribution in [0.15, 0.2) is 30.3 Å². The first-order valence-corrected chi connectivity index (χ1v) is 11.4. The van der Waals surface area contributed by atoms with Gasteiger partial charge in [0.25, 0.3) is 0 Å². The summed E-state index contributed by atoms with van der Waals surface area (Å²) >= 11 is 1.95. The summed E-state index contributed by atoms with van der Waals surface area (Å²) in [5, 5.41) is 0. The lowest BCUT2D eigenvalue weighted by molar-refractivity contribution is -0.140. The molecule has 27 heavy (non-hydrogen) atoms. The molecule has 4 rings (SSSR count). The second-order valence-electron chi connectivity index (χ2n) is 8.13. The van der Waals surface area contributed by atoms with Gasteiger partial charge in [-0.1, -0.05) is 43.2 Å². The van der Waals surface area contributed by atoms with Crippen molar-refractivity contribution in [1.82, 2.24) is 9.80 Å². The third-order valence-electron chi connectivity index (χ3n) is 6.52. The number of aryl methyl sites for hydroxylation is 1. The molecular formula is C22H30N2O2S. The second-order valence-corrected chi connectivity index (χ2v) is 9.59. The Hall–Kier alpha value is -1.49. The molecule has 2 saturated heterocycles. The Kier molecular flexibility index (Phi) is 5.76. The summed E-state index contributed by atoms with van der Waals surface area (Å²) in [5.74, 6) is 1.94. The Morgan fingerprint density at radius 1 is 1.04 bits per heavy atom. The molecule has 3 fully saturated rings. The van der Waals surface area contributed by atoms with Crippen LogP contribution in [-0.2, 0) is 16.0 Å². The van der Waals surface area contributed by atoms with Gasteiger partial charge in [-0.15, -0.1) is 11.8 Å². The predicted molar refractivity (Wildman–Crippen MR) is 109 cm³/mol. The van der Waals surface area contributed by atoms with E-state index in [9.17, 15) is 9.59 Å². The van der Waals surface area contributed by atoms with Gasteiger partial charge in [0.1, 0.15) is 0 Å². The standard InChI is InChI=1S/C22H30N2O2S/c25-20(11-10-18-6-2-1-3-7-18)23-14-12-22(13-15-23)24(16-17-27-22)21(26)19-8-4-5-9-19/h1-3,6-7,19H,4-5,8-17H2. The third kappa shape index (κ3) is 4.03. The Balaban J connectivity index is 1.32. The van der Waals surface area contributed by atoms with E-state index in [1.807, 2.05) is 34.9 Å². The van der Waals surface area contributed by atoms with Crippen LogP contribution in [-0.4, -0.2) is 51.9 Å². The maximum absolute atomic E-state index is 13.0. The molecule has 0 bridgehead atoms. The van der Waals surface area contributed by atoms with Crippen molar-refractivity contribution in [3.05, 3.63) is 35.9 Å².